The van der Waals surface area contributed by atoms with Crippen LogP contribution in [0.4, 0.5) is 4.79 Å². The highest BCUT2D eigenvalue weighted by Crippen LogP contribution is 1.98. The summed E-state index contributed by atoms with van der Waals surface area (Å²) in [5, 5.41) is 10.8. The van der Waals surface area contributed by atoms with Crippen molar-refractivity contribution in [1.82, 2.24) is 5.32 Å². The molecule has 0 heterocycles. The Kier molecular flexibility index (Phi) is 6.98. The largest absolute Gasteiger partial charge is 0.481 e. The van der Waals surface area contributed by atoms with E-state index in [4.69, 9.17) is 5.11 Å². The number of carboxylic acids is 1. The fourth-order valence-electron chi connectivity index (χ4n) is 0.911. The third-order valence-electron chi connectivity index (χ3n) is 1.56. The molecule has 0 aromatic heterocycles. The van der Waals surface area contributed by atoms with Crippen LogP contribution in [-0.2, 0) is 23.8 Å². The quantitative estimate of drug-likeness (QED) is 0.463. The van der Waals surface area contributed by atoms with E-state index in [0.29, 0.717) is 0 Å². The lowest BCUT2D eigenvalue weighted by Gasteiger charge is -2.15. The molecular weight excluding hydrogens is 266 g/mol. The summed E-state index contributed by atoms with van der Waals surface area (Å²) in [6, 6.07) is -1.01. The smallest absolute Gasteiger partial charge is 0.407 e. The van der Waals surface area contributed by atoms with Gasteiger partial charge >= 0.3 is 12.1 Å². The van der Waals surface area contributed by atoms with Gasteiger partial charge in [-0.1, -0.05) is 12.7 Å². The van der Waals surface area contributed by atoms with Crippen molar-refractivity contribution in [3.63, 3.8) is 0 Å². The monoisotopic (exact) mass is 281 g/mol. The van der Waals surface area contributed by atoms with Crippen LogP contribution in [0.25, 0.3) is 0 Å². The Bertz CT molecular complexity index is 403. The molecule has 104 valence electrons. The molecule has 0 aliphatic heterocycles. The number of hydrogen-bond donors (Lipinski definition) is 2. The number of carbonyl (C=O) groups excluding carboxylic acids is 1. The summed E-state index contributed by atoms with van der Waals surface area (Å²) >= 11 is 0. The zero-order valence-electron chi connectivity index (χ0n) is 9.79. The highest BCUT2D eigenvalue weighted by molar-refractivity contribution is 7.85. The third kappa shape index (κ3) is 9.60. The van der Waals surface area contributed by atoms with Gasteiger partial charge in [0.1, 0.15) is 6.61 Å². The molecule has 0 radical (unpaired) electrons. The number of hydrogen-bond acceptors (Lipinski definition) is 6. The average molecular weight is 281 g/mol. The summed E-state index contributed by atoms with van der Waals surface area (Å²) in [5.41, 5.74) is 0. The van der Waals surface area contributed by atoms with Gasteiger partial charge in [-0.05, 0) is 0 Å². The van der Waals surface area contributed by atoms with Crippen LogP contribution in [0, 0.1) is 0 Å². The molecule has 1 atom stereocenters. The Hall–Kier alpha value is -1.61. The topological polar surface area (TPSA) is 119 Å². The Morgan fingerprint density at radius 1 is 1.50 bits per heavy atom. The van der Waals surface area contributed by atoms with E-state index in [1.807, 2.05) is 0 Å². The number of nitrogens with one attached hydrogen (secondary N) is 1. The molecule has 1 amide bonds. The molecule has 0 spiro atoms. The molecule has 0 bridgehead atoms. The molecular formula is C9H15NO7S. The minimum absolute atomic E-state index is 0.0431. The highest BCUT2D eigenvalue weighted by Gasteiger charge is 2.19. The Labute approximate surface area is 105 Å². The fraction of sp³-hybridized carbons (Fsp3) is 0.556. The van der Waals surface area contributed by atoms with Crippen LogP contribution >= 0.6 is 0 Å². The van der Waals surface area contributed by atoms with Gasteiger partial charge in [0.25, 0.3) is 10.1 Å². The van der Waals surface area contributed by atoms with E-state index in [2.05, 4.69) is 20.8 Å². The summed E-state index contributed by atoms with van der Waals surface area (Å²) in [6.45, 7) is 2.80. The van der Waals surface area contributed by atoms with Crippen LogP contribution in [-0.4, -0.2) is 51.1 Å². The van der Waals surface area contributed by atoms with E-state index in [1.54, 1.807) is 0 Å². The molecule has 0 fully saturated rings. The van der Waals surface area contributed by atoms with Gasteiger partial charge < -0.3 is 15.2 Å². The van der Waals surface area contributed by atoms with Crippen LogP contribution in [0.15, 0.2) is 12.7 Å². The van der Waals surface area contributed by atoms with Crippen molar-refractivity contribution >= 4 is 22.2 Å². The fourth-order valence-corrected chi connectivity index (χ4v) is 1.32. The van der Waals surface area contributed by atoms with E-state index < -0.39 is 41.3 Å². The summed E-state index contributed by atoms with van der Waals surface area (Å²) < 4.78 is 30.5. The number of alkyl carbamates (subject to hydrolysis) is 1. The third-order valence-corrected chi connectivity index (χ3v) is 2.12. The van der Waals surface area contributed by atoms with Crippen LogP contribution in [0.2, 0.25) is 0 Å². The Morgan fingerprint density at radius 3 is 2.56 bits per heavy atom. The normalized spacial score (nSPS) is 12.5. The molecule has 2 N–H and O–H groups in total. The molecule has 0 aromatic carbocycles. The van der Waals surface area contributed by atoms with Gasteiger partial charge in [-0.3, -0.25) is 8.98 Å². The standard InChI is InChI=1S/C9H15NO7S/c1-3-4-16-9(13)10-7(5-8(11)12)6-17-18(2,14)15/h3,7H,1,4-6H2,2H3,(H,10,13)(H,11,12)/t7-/m1/s1. The van der Waals surface area contributed by atoms with E-state index in [0.717, 1.165) is 6.26 Å². The zero-order valence-corrected chi connectivity index (χ0v) is 10.6. The lowest BCUT2D eigenvalue weighted by molar-refractivity contribution is -0.137. The number of carbonyl (C=O) groups is 2. The summed E-state index contributed by atoms with van der Waals surface area (Å²) in [7, 11) is -3.71. The van der Waals surface area contributed by atoms with Gasteiger partial charge in [0.15, 0.2) is 0 Å². The van der Waals surface area contributed by atoms with Crippen molar-refractivity contribution in [1.29, 1.82) is 0 Å². The van der Waals surface area contributed by atoms with Gasteiger partial charge in [0, 0.05) is 0 Å². The second-order valence-corrected chi connectivity index (χ2v) is 4.96. The van der Waals surface area contributed by atoms with Crippen molar-refractivity contribution in [2.45, 2.75) is 12.5 Å². The second kappa shape index (κ2) is 7.67. The molecule has 8 nitrogen and oxygen atoms in total. The van der Waals surface area contributed by atoms with Crippen LogP contribution in [0.1, 0.15) is 6.42 Å². The van der Waals surface area contributed by atoms with E-state index in [1.165, 1.54) is 6.08 Å². The molecule has 0 aromatic rings. The maximum Gasteiger partial charge on any atom is 0.407 e. The molecule has 0 unspecified atom stereocenters. The highest BCUT2D eigenvalue weighted by atomic mass is 32.2. The summed E-state index contributed by atoms with van der Waals surface area (Å²) in [6.07, 6.45) is 0.788. The first-order valence-corrected chi connectivity index (χ1v) is 6.66. The molecule has 0 aliphatic carbocycles. The first-order chi connectivity index (χ1) is 8.24. The molecule has 0 rings (SSSR count). The van der Waals surface area contributed by atoms with E-state index >= 15 is 0 Å². The van der Waals surface area contributed by atoms with Crippen molar-refractivity contribution in [2.75, 3.05) is 19.5 Å². The number of amides is 1. The van der Waals surface area contributed by atoms with Crippen LogP contribution in [0.5, 0.6) is 0 Å². The van der Waals surface area contributed by atoms with Gasteiger partial charge in [-0.15, -0.1) is 0 Å². The van der Waals surface area contributed by atoms with Gasteiger partial charge in [-0.2, -0.15) is 8.42 Å². The minimum Gasteiger partial charge on any atom is -0.481 e. The summed E-state index contributed by atoms with van der Waals surface area (Å²) in [5.74, 6) is -1.21. The lowest BCUT2D eigenvalue weighted by atomic mass is 10.2. The molecule has 9 heteroatoms. The van der Waals surface area contributed by atoms with Crippen molar-refractivity contribution in [3.05, 3.63) is 12.7 Å². The minimum atomic E-state index is -3.71. The predicted molar refractivity (Wildman–Crippen MR) is 61.5 cm³/mol. The van der Waals surface area contributed by atoms with Crippen molar-refractivity contribution in [3.8, 4) is 0 Å². The maximum absolute atomic E-state index is 11.1. The van der Waals surface area contributed by atoms with E-state index in [-0.39, 0.29) is 6.61 Å². The maximum atomic E-state index is 11.1. The molecule has 0 saturated heterocycles. The molecule has 0 saturated carbocycles. The first kappa shape index (κ1) is 16.4. The zero-order chi connectivity index (χ0) is 14.2. The van der Waals surface area contributed by atoms with E-state index in [9.17, 15) is 18.0 Å². The van der Waals surface area contributed by atoms with Gasteiger partial charge in [0.2, 0.25) is 0 Å². The molecule has 0 aliphatic rings. The number of rotatable bonds is 8. The SMILES string of the molecule is C=CCOC(=O)N[C@@H](COS(C)(=O)=O)CC(=O)O. The average Bonchev–Trinajstić information content (AvgIpc) is 2.21. The Balaban J connectivity index is 4.34. The number of aliphatic carboxylic acids is 1. The predicted octanol–water partition coefficient (Wildman–Crippen LogP) is -0.282. The number of carboxylic acid groups (broad SMARTS) is 1. The van der Waals surface area contributed by atoms with Gasteiger partial charge in [-0.25, -0.2) is 4.79 Å². The lowest BCUT2D eigenvalue weighted by Crippen LogP contribution is -2.40. The Morgan fingerprint density at radius 2 is 2.11 bits per heavy atom. The van der Waals surface area contributed by atoms with Crippen molar-refractivity contribution in [2.24, 2.45) is 0 Å². The van der Waals surface area contributed by atoms with Gasteiger partial charge in [0.05, 0.1) is 25.3 Å². The first-order valence-electron chi connectivity index (χ1n) is 4.85. The summed E-state index contributed by atoms with van der Waals surface area (Å²) in [4.78, 5) is 21.7. The molecule has 18 heavy (non-hydrogen) atoms. The van der Waals surface area contributed by atoms with Crippen LogP contribution in [0.3, 0.4) is 0 Å². The second-order valence-electron chi connectivity index (χ2n) is 3.31. The number of ether oxygens (including phenoxy) is 1. The van der Waals surface area contributed by atoms with Crippen molar-refractivity contribution < 1.29 is 32.0 Å². The van der Waals surface area contributed by atoms with Crippen LogP contribution < -0.4 is 5.32 Å².